The third-order valence-electron chi connectivity index (χ3n) is 2.61. The topological polar surface area (TPSA) is 86.1 Å². The lowest BCUT2D eigenvalue weighted by molar-refractivity contribution is 0.360. The first-order valence-electron chi connectivity index (χ1n) is 5.96. The molecule has 0 fully saturated rings. The first-order chi connectivity index (χ1) is 8.93. The first-order valence-corrected chi connectivity index (χ1v) is 7.40. The molecule has 0 atom stereocenters. The fourth-order valence-electron chi connectivity index (χ4n) is 1.66. The minimum absolute atomic E-state index is 0.168. The van der Waals surface area contributed by atoms with Crippen molar-refractivity contribution in [2.24, 2.45) is 0 Å². The molecule has 0 aliphatic heterocycles. The van der Waals surface area contributed by atoms with E-state index >= 15 is 0 Å². The average Bonchev–Trinajstić information content (AvgIpc) is 2.38. The van der Waals surface area contributed by atoms with Crippen molar-refractivity contribution >= 4 is 15.8 Å². The normalized spacial score (nSPS) is 11.6. The number of aromatic nitrogens is 1. The molecule has 104 valence electrons. The standard InChI is InChI=1S/C12H18N4O2S/c1-10(2)16(8-4-6-13)19(17,18)11-5-7-15-12(9-11)14-3/h5,7,9-10H,4,8H2,1-3H3,(H,14,15). The van der Waals surface area contributed by atoms with E-state index in [0.29, 0.717) is 5.82 Å². The summed E-state index contributed by atoms with van der Waals surface area (Å²) in [7, 11) is -1.93. The third-order valence-corrected chi connectivity index (χ3v) is 4.69. The number of nitriles is 1. The highest BCUT2D eigenvalue weighted by molar-refractivity contribution is 7.89. The molecule has 0 saturated carbocycles. The van der Waals surface area contributed by atoms with Crippen molar-refractivity contribution in [1.29, 1.82) is 5.26 Å². The van der Waals surface area contributed by atoms with Crippen molar-refractivity contribution in [3.05, 3.63) is 18.3 Å². The second-order valence-electron chi connectivity index (χ2n) is 4.24. The van der Waals surface area contributed by atoms with Crippen molar-refractivity contribution in [1.82, 2.24) is 9.29 Å². The van der Waals surface area contributed by atoms with Crippen LogP contribution in [0.15, 0.2) is 23.2 Å². The van der Waals surface area contributed by atoms with Crippen molar-refractivity contribution < 1.29 is 8.42 Å². The lowest BCUT2D eigenvalue weighted by Crippen LogP contribution is -2.37. The van der Waals surface area contributed by atoms with E-state index in [1.807, 2.05) is 6.07 Å². The minimum Gasteiger partial charge on any atom is -0.373 e. The van der Waals surface area contributed by atoms with Gasteiger partial charge >= 0.3 is 0 Å². The van der Waals surface area contributed by atoms with Gasteiger partial charge in [-0.15, -0.1) is 0 Å². The smallest absolute Gasteiger partial charge is 0.243 e. The maximum Gasteiger partial charge on any atom is 0.243 e. The molecule has 0 aliphatic carbocycles. The molecule has 0 aromatic carbocycles. The van der Waals surface area contributed by atoms with Crippen LogP contribution in [0.1, 0.15) is 20.3 Å². The van der Waals surface area contributed by atoms with E-state index in [9.17, 15) is 8.42 Å². The number of rotatable bonds is 6. The molecule has 0 bridgehead atoms. The second kappa shape index (κ2) is 6.50. The molecule has 0 spiro atoms. The molecule has 19 heavy (non-hydrogen) atoms. The Labute approximate surface area is 114 Å². The Hall–Kier alpha value is -1.65. The Morgan fingerprint density at radius 2 is 2.21 bits per heavy atom. The van der Waals surface area contributed by atoms with E-state index in [0.717, 1.165) is 0 Å². The van der Waals surface area contributed by atoms with Crippen LogP contribution < -0.4 is 5.32 Å². The van der Waals surface area contributed by atoms with Crippen LogP contribution >= 0.6 is 0 Å². The van der Waals surface area contributed by atoms with Crippen molar-refractivity contribution in [3.8, 4) is 6.07 Å². The molecule has 0 unspecified atom stereocenters. The monoisotopic (exact) mass is 282 g/mol. The molecule has 1 N–H and O–H groups in total. The summed E-state index contributed by atoms with van der Waals surface area (Å²) in [5.41, 5.74) is 0. The first kappa shape index (κ1) is 15.4. The molecule has 1 aromatic heterocycles. The molecular formula is C12H18N4O2S. The number of pyridine rings is 1. The summed E-state index contributed by atoms with van der Waals surface area (Å²) in [5, 5.41) is 11.4. The summed E-state index contributed by atoms with van der Waals surface area (Å²) in [6.07, 6.45) is 1.61. The maximum absolute atomic E-state index is 12.5. The lowest BCUT2D eigenvalue weighted by atomic mass is 10.3. The zero-order valence-electron chi connectivity index (χ0n) is 11.3. The lowest BCUT2D eigenvalue weighted by Gasteiger charge is -2.25. The fourth-order valence-corrected chi connectivity index (χ4v) is 3.31. The number of nitrogens with zero attached hydrogens (tertiary/aromatic N) is 3. The van der Waals surface area contributed by atoms with Crippen LogP contribution in [-0.4, -0.2) is 37.3 Å². The highest BCUT2D eigenvalue weighted by Crippen LogP contribution is 2.20. The van der Waals surface area contributed by atoms with Gasteiger partial charge in [-0.1, -0.05) is 0 Å². The van der Waals surface area contributed by atoms with Crippen molar-refractivity contribution in [2.45, 2.75) is 31.2 Å². The van der Waals surface area contributed by atoms with Crippen LogP contribution in [0.4, 0.5) is 5.82 Å². The van der Waals surface area contributed by atoms with E-state index < -0.39 is 10.0 Å². The third kappa shape index (κ3) is 3.66. The fraction of sp³-hybridized carbons (Fsp3) is 0.500. The molecule has 1 rings (SSSR count). The van der Waals surface area contributed by atoms with Gasteiger partial charge in [0.1, 0.15) is 5.82 Å². The predicted octanol–water partition coefficient (Wildman–Crippen LogP) is 1.44. The molecule has 0 saturated heterocycles. The van der Waals surface area contributed by atoms with Crippen LogP contribution in [0.5, 0.6) is 0 Å². The van der Waals surface area contributed by atoms with Crippen LogP contribution in [0, 0.1) is 11.3 Å². The van der Waals surface area contributed by atoms with Gasteiger partial charge in [-0.05, 0) is 19.9 Å². The van der Waals surface area contributed by atoms with Gasteiger partial charge in [-0.25, -0.2) is 13.4 Å². The molecule has 7 heteroatoms. The Morgan fingerprint density at radius 1 is 1.53 bits per heavy atom. The molecule has 6 nitrogen and oxygen atoms in total. The molecule has 0 aliphatic rings. The Balaban J connectivity index is 3.15. The Kier molecular flexibility index (Phi) is 5.27. The Morgan fingerprint density at radius 3 is 2.74 bits per heavy atom. The average molecular weight is 282 g/mol. The summed E-state index contributed by atoms with van der Waals surface area (Å²) >= 11 is 0. The van der Waals surface area contributed by atoms with E-state index in [-0.39, 0.29) is 23.9 Å². The van der Waals surface area contributed by atoms with Crippen molar-refractivity contribution in [3.63, 3.8) is 0 Å². The number of nitrogens with one attached hydrogen (secondary N) is 1. The maximum atomic E-state index is 12.5. The minimum atomic E-state index is -3.60. The summed E-state index contributed by atoms with van der Waals surface area (Å²) in [6.45, 7) is 3.76. The molecule has 1 heterocycles. The number of hydrogen-bond acceptors (Lipinski definition) is 5. The summed E-state index contributed by atoms with van der Waals surface area (Å²) in [6, 6.07) is 4.70. The van der Waals surface area contributed by atoms with E-state index in [1.165, 1.54) is 22.6 Å². The van der Waals surface area contributed by atoms with Gasteiger partial charge in [0.15, 0.2) is 0 Å². The van der Waals surface area contributed by atoms with Gasteiger partial charge in [0.2, 0.25) is 10.0 Å². The number of anilines is 1. The van der Waals surface area contributed by atoms with Gasteiger partial charge in [0, 0.05) is 38.3 Å². The van der Waals surface area contributed by atoms with Crippen LogP contribution in [0.25, 0.3) is 0 Å². The molecule has 1 aromatic rings. The summed E-state index contributed by atoms with van der Waals surface area (Å²) < 4.78 is 26.3. The van der Waals surface area contributed by atoms with Gasteiger partial charge in [-0.2, -0.15) is 9.57 Å². The SMILES string of the molecule is CNc1cc(S(=O)(=O)N(CCC#N)C(C)C)ccn1. The van der Waals surface area contributed by atoms with Crippen molar-refractivity contribution in [2.75, 3.05) is 18.9 Å². The molecule has 0 radical (unpaired) electrons. The van der Waals surface area contributed by atoms with E-state index in [2.05, 4.69) is 10.3 Å². The Bertz CT molecular complexity index is 563. The van der Waals surface area contributed by atoms with Gasteiger partial charge in [-0.3, -0.25) is 0 Å². The van der Waals surface area contributed by atoms with Crippen LogP contribution in [-0.2, 0) is 10.0 Å². The zero-order chi connectivity index (χ0) is 14.5. The van der Waals surface area contributed by atoms with Gasteiger partial charge < -0.3 is 5.32 Å². The number of hydrogen-bond donors (Lipinski definition) is 1. The summed E-state index contributed by atoms with van der Waals surface area (Å²) in [5.74, 6) is 0.491. The number of sulfonamides is 1. The van der Waals surface area contributed by atoms with Gasteiger partial charge in [0.05, 0.1) is 11.0 Å². The highest BCUT2D eigenvalue weighted by atomic mass is 32.2. The molecule has 0 amide bonds. The largest absolute Gasteiger partial charge is 0.373 e. The zero-order valence-corrected chi connectivity index (χ0v) is 12.1. The van der Waals surface area contributed by atoms with Gasteiger partial charge in [0.25, 0.3) is 0 Å². The quantitative estimate of drug-likeness (QED) is 0.853. The van der Waals surface area contributed by atoms with E-state index in [1.54, 1.807) is 20.9 Å². The van der Waals surface area contributed by atoms with Crippen LogP contribution in [0.3, 0.4) is 0 Å². The molecular weight excluding hydrogens is 264 g/mol. The van der Waals surface area contributed by atoms with E-state index in [4.69, 9.17) is 5.26 Å². The predicted molar refractivity (Wildman–Crippen MR) is 73.0 cm³/mol. The summed E-state index contributed by atoms with van der Waals surface area (Å²) in [4.78, 5) is 4.17. The second-order valence-corrected chi connectivity index (χ2v) is 6.13. The van der Waals surface area contributed by atoms with Crippen LogP contribution in [0.2, 0.25) is 0 Å². The highest BCUT2D eigenvalue weighted by Gasteiger charge is 2.26.